The molecule has 0 heterocycles. The van der Waals surface area contributed by atoms with Gasteiger partial charge in [0.25, 0.3) is 0 Å². The fraction of sp³-hybridized carbons (Fsp3) is 0.571. The van der Waals surface area contributed by atoms with Gasteiger partial charge in [0, 0.05) is 11.6 Å². The summed E-state index contributed by atoms with van der Waals surface area (Å²) < 4.78 is 0. The molecule has 2 N–H and O–H groups in total. The van der Waals surface area contributed by atoms with E-state index in [-0.39, 0.29) is 0 Å². The minimum absolute atomic E-state index is 0.440. The number of nitriles is 1. The van der Waals surface area contributed by atoms with E-state index in [1.54, 1.807) is 6.92 Å². The number of carboxylic acids is 1. The normalized spacial score (nSPS) is 20.7. The predicted octanol–water partition coefficient (Wildman–Crippen LogP) is 1.86. The molecule has 1 saturated carbocycles. The Hall–Kier alpha value is -1.78. The Kier molecular flexibility index (Phi) is 4.16. The van der Waals surface area contributed by atoms with Crippen LogP contribution in [0.15, 0.2) is 11.6 Å². The van der Waals surface area contributed by atoms with Gasteiger partial charge in [-0.1, -0.05) is 18.8 Å². The Labute approximate surface area is 107 Å². The Morgan fingerprint density at radius 1 is 1.56 bits per heavy atom. The van der Waals surface area contributed by atoms with Gasteiger partial charge >= 0.3 is 5.97 Å². The molecule has 0 aliphatic heterocycles. The molecule has 0 bridgehead atoms. The van der Waals surface area contributed by atoms with Crippen LogP contribution in [0, 0.1) is 28.6 Å². The minimum atomic E-state index is -1.40. The number of nitrogens with zero attached hydrogens (tertiary/aromatic N) is 1. The minimum Gasteiger partial charge on any atom is -0.478 e. The molecule has 0 spiro atoms. The fourth-order valence-electron chi connectivity index (χ4n) is 1.93. The van der Waals surface area contributed by atoms with Crippen molar-refractivity contribution in [3.63, 3.8) is 0 Å². The first-order chi connectivity index (χ1) is 8.37. The number of allylic oxidation sites excluding steroid dienone is 1. The average Bonchev–Trinajstić information content (AvgIpc) is 2.22. The molecule has 0 saturated heterocycles. The van der Waals surface area contributed by atoms with Crippen LogP contribution >= 0.6 is 0 Å². The first kappa shape index (κ1) is 14.3. The lowest BCUT2D eigenvalue weighted by atomic mass is 9.60. The van der Waals surface area contributed by atoms with Crippen LogP contribution in [0.2, 0.25) is 0 Å². The highest BCUT2D eigenvalue weighted by molar-refractivity contribution is 5.81. The molecular weight excluding hydrogens is 230 g/mol. The Morgan fingerprint density at radius 2 is 2.17 bits per heavy atom. The molecular formula is C14H17NO3. The summed E-state index contributed by atoms with van der Waals surface area (Å²) in [7, 11) is 0. The molecule has 1 aliphatic rings. The highest BCUT2D eigenvalue weighted by Gasteiger charge is 2.51. The molecule has 4 nitrogen and oxygen atoms in total. The van der Waals surface area contributed by atoms with Gasteiger partial charge in [-0.3, -0.25) is 0 Å². The lowest BCUT2D eigenvalue weighted by Gasteiger charge is -2.43. The quantitative estimate of drug-likeness (QED) is 0.589. The van der Waals surface area contributed by atoms with E-state index in [0.29, 0.717) is 24.8 Å². The molecule has 0 radical (unpaired) electrons. The monoisotopic (exact) mass is 247 g/mol. The summed E-state index contributed by atoms with van der Waals surface area (Å²) in [6.45, 7) is 3.32. The number of rotatable bonds is 3. The molecule has 0 unspecified atom stereocenters. The first-order valence-corrected chi connectivity index (χ1v) is 5.97. The molecule has 0 aromatic heterocycles. The maximum Gasteiger partial charge on any atom is 0.329 e. The number of aliphatic carboxylic acids is 1. The van der Waals surface area contributed by atoms with Crippen molar-refractivity contribution >= 4 is 5.97 Å². The van der Waals surface area contributed by atoms with Crippen molar-refractivity contribution in [3.8, 4) is 17.9 Å². The fourth-order valence-corrected chi connectivity index (χ4v) is 1.93. The number of carbonyl (C=O) groups is 1. The van der Waals surface area contributed by atoms with Gasteiger partial charge in [0.05, 0.1) is 11.5 Å². The van der Waals surface area contributed by atoms with E-state index in [9.17, 15) is 9.90 Å². The van der Waals surface area contributed by atoms with E-state index in [1.807, 2.05) is 0 Å². The molecule has 0 aromatic carbocycles. The highest BCUT2D eigenvalue weighted by Crippen LogP contribution is 2.48. The third kappa shape index (κ3) is 2.72. The van der Waals surface area contributed by atoms with E-state index in [0.717, 1.165) is 12.5 Å². The van der Waals surface area contributed by atoms with Crippen molar-refractivity contribution in [2.75, 3.05) is 0 Å². The standard InChI is InChI=1S/C14H17NO3/c1-3-11(9-12(16)17)5-8-13(2,18)14(10-15)6-4-7-14/h9,18H,3-4,6-7H2,1-2H3,(H,16,17)/b11-9-/t13-/m0/s1. The zero-order chi connectivity index (χ0) is 13.8. The van der Waals surface area contributed by atoms with Crippen LogP contribution in [-0.4, -0.2) is 21.8 Å². The second-order valence-electron chi connectivity index (χ2n) is 4.73. The van der Waals surface area contributed by atoms with Crippen LogP contribution in [0.3, 0.4) is 0 Å². The van der Waals surface area contributed by atoms with Gasteiger partial charge in [-0.25, -0.2) is 4.79 Å². The van der Waals surface area contributed by atoms with Gasteiger partial charge in [0.1, 0.15) is 5.60 Å². The third-order valence-electron chi connectivity index (χ3n) is 3.50. The van der Waals surface area contributed by atoms with E-state index >= 15 is 0 Å². The molecule has 1 fully saturated rings. The van der Waals surface area contributed by atoms with Gasteiger partial charge in [-0.2, -0.15) is 5.26 Å². The van der Waals surface area contributed by atoms with Crippen LogP contribution in [0.5, 0.6) is 0 Å². The summed E-state index contributed by atoms with van der Waals surface area (Å²) in [4.78, 5) is 10.6. The van der Waals surface area contributed by atoms with Crippen molar-refractivity contribution in [2.45, 2.75) is 45.1 Å². The average molecular weight is 247 g/mol. The van der Waals surface area contributed by atoms with Crippen molar-refractivity contribution in [1.29, 1.82) is 5.26 Å². The van der Waals surface area contributed by atoms with Crippen LogP contribution in [0.25, 0.3) is 0 Å². The summed E-state index contributed by atoms with van der Waals surface area (Å²) in [5.74, 6) is 4.28. The summed E-state index contributed by atoms with van der Waals surface area (Å²) in [5, 5.41) is 28.1. The Bertz CT molecular complexity index is 467. The van der Waals surface area contributed by atoms with Crippen molar-refractivity contribution in [1.82, 2.24) is 0 Å². The lowest BCUT2D eigenvalue weighted by Crippen LogP contribution is -2.48. The summed E-state index contributed by atoms with van der Waals surface area (Å²) in [5.41, 5.74) is -1.76. The summed E-state index contributed by atoms with van der Waals surface area (Å²) in [6.07, 6.45) is 3.69. The molecule has 1 aliphatic carbocycles. The smallest absolute Gasteiger partial charge is 0.329 e. The van der Waals surface area contributed by atoms with Gasteiger partial charge < -0.3 is 10.2 Å². The zero-order valence-electron chi connectivity index (χ0n) is 10.7. The maximum atomic E-state index is 10.6. The largest absolute Gasteiger partial charge is 0.478 e. The zero-order valence-corrected chi connectivity index (χ0v) is 10.7. The predicted molar refractivity (Wildman–Crippen MR) is 66.3 cm³/mol. The highest BCUT2D eigenvalue weighted by atomic mass is 16.4. The van der Waals surface area contributed by atoms with Crippen molar-refractivity contribution < 1.29 is 15.0 Å². The Balaban J connectivity index is 2.96. The number of hydrogen-bond acceptors (Lipinski definition) is 3. The Morgan fingerprint density at radius 3 is 2.50 bits per heavy atom. The second-order valence-corrected chi connectivity index (χ2v) is 4.73. The number of aliphatic hydroxyl groups is 1. The topological polar surface area (TPSA) is 81.3 Å². The van der Waals surface area contributed by atoms with E-state index in [2.05, 4.69) is 17.9 Å². The van der Waals surface area contributed by atoms with Crippen LogP contribution in [0.4, 0.5) is 0 Å². The van der Waals surface area contributed by atoms with Crippen LogP contribution in [-0.2, 0) is 4.79 Å². The first-order valence-electron chi connectivity index (χ1n) is 5.97. The van der Waals surface area contributed by atoms with Gasteiger partial charge in [-0.15, -0.1) is 0 Å². The molecule has 0 aromatic rings. The lowest BCUT2D eigenvalue weighted by molar-refractivity contribution is -0.131. The summed E-state index contributed by atoms with van der Waals surface area (Å²) >= 11 is 0. The number of hydrogen-bond donors (Lipinski definition) is 2. The van der Waals surface area contributed by atoms with E-state index < -0.39 is 17.0 Å². The SMILES string of the molecule is CC/C(C#C[C@](C)(O)C1(C#N)CCC1)=C/C(=O)O. The molecule has 96 valence electrons. The molecule has 1 atom stereocenters. The third-order valence-corrected chi connectivity index (χ3v) is 3.50. The molecule has 1 rings (SSSR count). The molecule has 0 amide bonds. The van der Waals surface area contributed by atoms with Crippen molar-refractivity contribution in [3.05, 3.63) is 11.6 Å². The van der Waals surface area contributed by atoms with E-state index in [4.69, 9.17) is 10.4 Å². The van der Waals surface area contributed by atoms with Gasteiger partial charge in [0.2, 0.25) is 0 Å². The van der Waals surface area contributed by atoms with Crippen LogP contribution < -0.4 is 0 Å². The summed E-state index contributed by atoms with van der Waals surface area (Å²) in [6, 6.07) is 2.15. The van der Waals surface area contributed by atoms with Gasteiger partial charge in [0.15, 0.2) is 0 Å². The van der Waals surface area contributed by atoms with Gasteiger partial charge in [-0.05, 0) is 32.6 Å². The molecule has 18 heavy (non-hydrogen) atoms. The van der Waals surface area contributed by atoms with Crippen molar-refractivity contribution in [2.24, 2.45) is 5.41 Å². The second kappa shape index (κ2) is 5.25. The molecule has 4 heteroatoms. The van der Waals surface area contributed by atoms with Crippen LogP contribution in [0.1, 0.15) is 39.5 Å². The maximum absolute atomic E-state index is 10.6. The number of carboxylic acid groups (broad SMARTS) is 1. The van der Waals surface area contributed by atoms with E-state index in [1.165, 1.54) is 6.92 Å².